The molecule has 4 heteroatoms. The number of fused-ring (bicyclic) bond motifs is 6. The normalized spacial score (nSPS) is 30.8. The number of benzene rings is 2. The quantitative estimate of drug-likeness (QED) is 0.239. The van der Waals surface area contributed by atoms with Gasteiger partial charge in [0.2, 0.25) is 0 Å². The molecular formula is C46H68O4. The summed E-state index contributed by atoms with van der Waals surface area (Å²) in [5, 5.41) is 11.4. The molecule has 0 aliphatic heterocycles. The number of ether oxygens (including phenoxy) is 3. The third-order valence-electron chi connectivity index (χ3n) is 13.8. The minimum Gasteiger partial charge on any atom is -0.508 e. The van der Waals surface area contributed by atoms with Crippen LogP contribution in [0, 0.1) is 22.7 Å². The molecule has 0 radical (unpaired) electrons. The Bertz CT molecular complexity index is 1560. The molecule has 0 bridgehead atoms. The highest BCUT2D eigenvalue weighted by molar-refractivity contribution is 5.65. The molecule has 0 saturated heterocycles. The topological polar surface area (TPSA) is 47.9 Å². The van der Waals surface area contributed by atoms with E-state index in [1.54, 1.807) is 0 Å². The van der Waals surface area contributed by atoms with Gasteiger partial charge in [-0.25, -0.2) is 0 Å². The van der Waals surface area contributed by atoms with E-state index in [0.717, 1.165) is 50.0 Å². The van der Waals surface area contributed by atoms with Gasteiger partial charge in [-0.2, -0.15) is 0 Å². The molecule has 4 nitrogen and oxygen atoms in total. The van der Waals surface area contributed by atoms with E-state index in [-0.39, 0.29) is 45.7 Å². The van der Waals surface area contributed by atoms with E-state index in [4.69, 9.17) is 14.2 Å². The zero-order chi connectivity index (χ0) is 36.2. The van der Waals surface area contributed by atoms with Crippen molar-refractivity contribution in [1.29, 1.82) is 0 Å². The molecule has 50 heavy (non-hydrogen) atoms. The van der Waals surface area contributed by atoms with Crippen LogP contribution in [0.1, 0.15) is 179 Å². The van der Waals surface area contributed by atoms with Gasteiger partial charge in [0.15, 0.2) is 0 Å². The van der Waals surface area contributed by atoms with Gasteiger partial charge >= 0.3 is 0 Å². The second-order valence-corrected chi connectivity index (χ2v) is 19.0. The van der Waals surface area contributed by atoms with E-state index in [2.05, 4.69) is 113 Å². The number of aromatic hydroxyl groups is 1. The number of allylic oxidation sites excluding steroid dienone is 1. The first kappa shape index (κ1) is 37.5. The van der Waals surface area contributed by atoms with Gasteiger partial charge in [-0.15, -0.1) is 0 Å². The molecule has 0 unspecified atom stereocenters. The summed E-state index contributed by atoms with van der Waals surface area (Å²) in [6.07, 6.45) is 13.8. The molecule has 6 rings (SSSR count). The summed E-state index contributed by atoms with van der Waals surface area (Å²) in [4.78, 5) is 0. The molecule has 2 aromatic rings. The summed E-state index contributed by atoms with van der Waals surface area (Å²) in [5.41, 5.74) is 7.70. The fourth-order valence-corrected chi connectivity index (χ4v) is 11.3. The molecule has 2 saturated carbocycles. The van der Waals surface area contributed by atoms with Crippen molar-refractivity contribution in [2.24, 2.45) is 22.7 Å². The fourth-order valence-electron chi connectivity index (χ4n) is 11.3. The lowest BCUT2D eigenvalue weighted by Gasteiger charge is -2.58. The largest absolute Gasteiger partial charge is 0.508 e. The Morgan fingerprint density at radius 2 is 1.44 bits per heavy atom. The van der Waals surface area contributed by atoms with Crippen LogP contribution in [-0.2, 0) is 20.3 Å². The molecule has 0 heterocycles. The molecule has 6 atom stereocenters. The SMILES string of the molecule is CCCCOCCO[C@H]1c2cc(C(C)C)c(O)cc2[C@@]2(C)CCCC(C)(C)[C@@H]2[C@H]1Oc1cc2c(cc1C(C)C)C=C[C@@H]1C(C)(C)CCC[C@]21C. The highest BCUT2D eigenvalue weighted by Crippen LogP contribution is 2.62. The Morgan fingerprint density at radius 3 is 2.12 bits per heavy atom. The van der Waals surface area contributed by atoms with Gasteiger partial charge in [0.1, 0.15) is 23.7 Å². The van der Waals surface area contributed by atoms with Gasteiger partial charge in [0.25, 0.3) is 0 Å². The molecule has 0 amide bonds. The van der Waals surface area contributed by atoms with Crippen LogP contribution in [0.15, 0.2) is 30.3 Å². The lowest BCUT2D eigenvalue weighted by Crippen LogP contribution is -2.58. The molecule has 4 aliphatic carbocycles. The van der Waals surface area contributed by atoms with Crippen molar-refractivity contribution < 1.29 is 19.3 Å². The van der Waals surface area contributed by atoms with Crippen molar-refractivity contribution in [1.82, 2.24) is 0 Å². The zero-order valence-electron chi connectivity index (χ0n) is 33.4. The lowest BCUT2D eigenvalue weighted by molar-refractivity contribution is -0.129. The number of hydrogen-bond donors (Lipinski definition) is 1. The van der Waals surface area contributed by atoms with Crippen LogP contribution in [0.3, 0.4) is 0 Å². The summed E-state index contributed by atoms with van der Waals surface area (Å²) >= 11 is 0. The van der Waals surface area contributed by atoms with E-state index in [9.17, 15) is 5.11 Å². The standard InChI is InChI=1S/C46H68O4/c1-12-13-22-48-23-24-49-40-34-26-32(29(2)3)37(47)27-36(34)46(11)21-15-19-44(8,9)42(46)41(40)50-38-28-35-31(25-33(38)30(4)5)16-17-39-43(6,7)18-14-20-45(35,39)10/h16-17,25-30,39-42,47H,12-15,18-24H2,1-11H3/t39-,40+,41+,42+,45-,46-/m1/s1. The summed E-state index contributed by atoms with van der Waals surface area (Å²) in [6, 6.07) is 9.27. The van der Waals surface area contributed by atoms with E-state index >= 15 is 0 Å². The van der Waals surface area contributed by atoms with E-state index < -0.39 is 0 Å². The molecule has 1 N–H and O–H groups in total. The van der Waals surface area contributed by atoms with Gasteiger partial charge in [0, 0.05) is 12.5 Å². The van der Waals surface area contributed by atoms with Crippen LogP contribution < -0.4 is 4.74 Å². The Labute approximate surface area is 304 Å². The van der Waals surface area contributed by atoms with Crippen molar-refractivity contribution in [3.8, 4) is 11.5 Å². The van der Waals surface area contributed by atoms with Gasteiger partial charge in [-0.1, -0.05) is 108 Å². The summed E-state index contributed by atoms with van der Waals surface area (Å²) < 4.78 is 20.8. The fraction of sp³-hybridized carbons (Fsp3) is 0.696. The predicted octanol–water partition coefficient (Wildman–Crippen LogP) is 12.2. The molecule has 0 spiro atoms. The van der Waals surface area contributed by atoms with Crippen molar-refractivity contribution in [2.45, 2.75) is 162 Å². The van der Waals surface area contributed by atoms with Crippen LogP contribution in [0.25, 0.3) is 6.08 Å². The van der Waals surface area contributed by atoms with Crippen molar-refractivity contribution >= 4 is 6.08 Å². The van der Waals surface area contributed by atoms with Gasteiger partial charge in [-0.05, 0) is 129 Å². The van der Waals surface area contributed by atoms with Gasteiger partial charge < -0.3 is 19.3 Å². The minimum absolute atomic E-state index is 0.0142. The molecule has 2 fully saturated rings. The maximum absolute atomic E-state index is 11.4. The first-order valence-corrected chi connectivity index (χ1v) is 20.1. The summed E-state index contributed by atoms with van der Waals surface area (Å²) in [6.45, 7) is 27.8. The van der Waals surface area contributed by atoms with Crippen molar-refractivity contribution in [3.63, 3.8) is 0 Å². The van der Waals surface area contributed by atoms with Gasteiger partial charge in [-0.3, -0.25) is 0 Å². The van der Waals surface area contributed by atoms with E-state index in [0.29, 0.717) is 30.8 Å². The predicted molar refractivity (Wildman–Crippen MR) is 208 cm³/mol. The number of phenolic OH excluding ortho intramolecular Hbond substituents is 1. The average molecular weight is 685 g/mol. The Hall–Kier alpha value is -2.30. The van der Waals surface area contributed by atoms with Crippen molar-refractivity contribution in [2.75, 3.05) is 19.8 Å². The number of unbranched alkanes of at least 4 members (excludes halogenated alkanes) is 1. The highest BCUT2D eigenvalue weighted by Gasteiger charge is 2.59. The smallest absolute Gasteiger partial charge is 0.133 e. The average Bonchev–Trinajstić information content (AvgIpc) is 3.02. The maximum atomic E-state index is 11.4. The van der Waals surface area contributed by atoms with Gasteiger partial charge in [0.05, 0.1) is 13.2 Å². The molecular weight excluding hydrogens is 617 g/mol. The van der Waals surface area contributed by atoms with Crippen molar-refractivity contribution in [3.05, 3.63) is 63.7 Å². The van der Waals surface area contributed by atoms with Crippen LogP contribution in [0.4, 0.5) is 0 Å². The molecule has 2 aromatic carbocycles. The Morgan fingerprint density at radius 1 is 0.760 bits per heavy atom. The Kier molecular flexibility index (Phi) is 10.4. The maximum Gasteiger partial charge on any atom is 0.133 e. The monoisotopic (exact) mass is 685 g/mol. The first-order chi connectivity index (χ1) is 23.5. The third-order valence-corrected chi connectivity index (χ3v) is 13.8. The van der Waals surface area contributed by atoms with Crippen LogP contribution in [-0.4, -0.2) is 31.0 Å². The number of hydrogen-bond acceptors (Lipinski definition) is 4. The third kappa shape index (κ3) is 6.48. The lowest BCUT2D eigenvalue weighted by atomic mass is 9.48. The van der Waals surface area contributed by atoms with Crippen LogP contribution >= 0.6 is 0 Å². The first-order valence-electron chi connectivity index (χ1n) is 20.1. The summed E-state index contributed by atoms with van der Waals surface area (Å²) in [7, 11) is 0. The van der Waals surface area contributed by atoms with E-state index in [1.807, 2.05) is 0 Å². The molecule has 4 aliphatic rings. The molecule has 276 valence electrons. The number of rotatable bonds is 11. The van der Waals surface area contributed by atoms with Crippen LogP contribution in [0.2, 0.25) is 0 Å². The number of phenols is 1. The second kappa shape index (κ2) is 13.9. The second-order valence-electron chi connectivity index (χ2n) is 19.0. The van der Waals surface area contributed by atoms with Crippen LogP contribution in [0.5, 0.6) is 11.5 Å². The highest BCUT2D eigenvalue weighted by atomic mass is 16.6. The van der Waals surface area contributed by atoms with E-state index in [1.165, 1.54) is 47.1 Å². The summed E-state index contributed by atoms with van der Waals surface area (Å²) in [5.74, 6) is 2.65. The minimum atomic E-state index is -0.277. The molecule has 0 aromatic heterocycles. The zero-order valence-corrected chi connectivity index (χ0v) is 33.4. The Balaban J connectivity index is 1.51.